The second-order valence-electron chi connectivity index (χ2n) is 3.81. The molecule has 17 heavy (non-hydrogen) atoms. The molecule has 0 aliphatic rings. The van der Waals surface area contributed by atoms with Crippen molar-refractivity contribution in [1.29, 1.82) is 0 Å². The molecule has 5 nitrogen and oxygen atoms in total. The first-order valence-electron chi connectivity index (χ1n) is 5.10. The highest BCUT2D eigenvalue weighted by Gasteiger charge is 2.11. The molecule has 6 heteroatoms. The van der Waals surface area contributed by atoms with E-state index in [0.717, 1.165) is 16.3 Å². The van der Waals surface area contributed by atoms with Gasteiger partial charge in [0.1, 0.15) is 4.88 Å². The second kappa shape index (κ2) is 4.21. The van der Waals surface area contributed by atoms with Gasteiger partial charge < -0.3 is 10.8 Å². The minimum atomic E-state index is -0.894. The Labute approximate surface area is 102 Å². The Balaban J connectivity index is 2.25. The Kier molecular flexibility index (Phi) is 2.89. The quantitative estimate of drug-likeness (QED) is 0.872. The SMILES string of the molecule is Cc1nn(Cc2ccc(C(=O)O)s2)c(C)c1N. The molecule has 0 fully saturated rings. The van der Waals surface area contributed by atoms with Crippen LogP contribution in [0.2, 0.25) is 0 Å². The molecule has 0 bridgehead atoms. The number of thiophene rings is 1. The van der Waals surface area contributed by atoms with E-state index in [1.165, 1.54) is 11.3 Å². The molecule has 0 unspecified atom stereocenters. The zero-order chi connectivity index (χ0) is 12.6. The van der Waals surface area contributed by atoms with Crippen LogP contribution in [0.25, 0.3) is 0 Å². The van der Waals surface area contributed by atoms with E-state index in [9.17, 15) is 4.79 Å². The zero-order valence-electron chi connectivity index (χ0n) is 9.60. The molecule has 0 amide bonds. The van der Waals surface area contributed by atoms with Crippen LogP contribution < -0.4 is 5.73 Å². The average Bonchev–Trinajstić information content (AvgIpc) is 2.82. The number of rotatable bonds is 3. The molecule has 0 spiro atoms. The maximum absolute atomic E-state index is 10.8. The lowest BCUT2D eigenvalue weighted by Crippen LogP contribution is -2.02. The third-order valence-corrected chi connectivity index (χ3v) is 3.67. The van der Waals surface area contributed by atoms with E-state index >= 15 is 0 Å². The maximum Gasteiger partial charge on any atom is 0.345 e. The van der Waals surface area contributed by atoms with Crippen molar-refractivity contribution in [1.82, 2.24) is 9.78 Å². The van der Waals surface area contributed by atoms with E-state index in [1.54, 1.807) is 16.8 Å². The lowest BCUT2D eigenvalue weighted by atomic mass is 10.3. The number of carboxylic acid groups (broad SMARTS) is 1. The Morgan fingerprint density at radius 1 is 1.53 bits per heavy atom. The van der Waals surface area contributed by atoms with Gasteiger partial charge in [0.05, 0.1) is 23.6 Å². The van der Waals surface area contributed by atoms with Crippen molar-refractivity contribution in [3.63, 3.8) is 0 Å². The third kappa shape index (κ3) is 2.16. The Hall–Kier alpha value is -1.82. The molecular formula is C11H13N3O2S. The van der Waals surface area contributed by atoms with Gasteiger partial charge >= 0.3 is 5.97 Å². The number of hydrogen-bond donors (Lipinski definition) is 2. The summed E-state index contributed by atoms with van der Waals surface area (Å²) < 4.78 is 1.79. The van der Waals surface area contributed by atoms with Crippen molar-refractivity contribution in [2.45, 2.75) is 20.4 Å². The molecule has 0 saturated heterocycles. The summed E-state index contributed by atoms with van der Waals surface area (Å²) in [4.78, 5) is 12.1. The number of nitrogens with two attached hydrogens (primary N) is 1. The standard InChI is InChI=1S/C11H13N3O2S/c1-6-10(12)7(2)14(13-6)5-8-3-4-9(17-8)11(15)16/h3-4H,5,12H2,1-2H3,(H,15,16). The van der Waals surface area contributed by atoms with Gasteiger partial charge in [0.25, 0.3) is 0 Å². The summed E-state index contributed by atoms with van der Waals surface area (Å²) in [5.41, 5.74) is 8.24. The van der Waals surface area contributed by atoms with E-state index in [1.807, 2.05) is 13.8 Å². The van der Waals surface area contributed by atoms with Gasteiger partial charge in [-0.25, -0.2) is 4.79 Å². The second-order valence-corrected chi connectivity index (χ2v) is 4.98. The van der Waals surface area contributed by atoms with Crippen LogP contribution in [0.15, 0.2) is 12.1 Å². The number of hydrogen-bond acceptors (Lipinski definition) is 4. The molecule has 0 radical (unpaired) electrons. The molecular weight excluding hydrogens is 238 g/mol. The Bertz CT molecular complexity index is 571. The van der Waals surface area contributed by atoms with E-state index in [0.29, 0.717) is 17.1 Å². The lowest BCUT2D eigenvalue weighted by molar-refractivity contribution is 0.0702. The number of nitrogen functional groups attached to an aromatic ring is 1. The van der Waals surface area contributed by atoms with Crippen LogP contribution in [0.3, 0.4) is 0 Å². The molecule has 0 saturated carbocycles. The fourth-order valence-corrected chi connectivity index (χ4v) is 2.42. The van der Waals surface area contributed by atoms with E-state index in [4.69, 9.17) is 10.8 Å². The molecule has 2 aromatic rings. The van der Waals surface area contributed by atoms with Gasteiger partial charge in [-0.2, -0.15) is 5.10 Å². The molecule has 3 N–H and O–H groups in total. The lowest BCUT2D eigenvalue weighted by Gasteiger charge is -2.01. The monoisotopic (exact) mass is 251 g/mol. The van der Waals surface area contributed by atoms with Crippen molar-refractivity contribution in [2.75, 3.05) is 5.73 Å². The number of aryl methyl sites for hydroxylation is 1. The highest BCUT2D eigenvalue weighted by molar-refractivity contribution is 7.13. The van der Waals surface area contributed by atoms with Crippen molar-refractivity contribution >= 4 is 23.0 Å². The van der Waals surface area contributed by atoms with Gasteiger partial charge in [-0.05, 0) is 26.0 Å². The number of carbonyl (C=O) groups is 1. The van der Waals surface area contributed by atoms with Gasteiger partial charge in [0, 0.05) is 4.88 Å². The van der Waals surface area contributed by atoms with E-state index in [-0.39, 0.29) is 0 Å². The zero-order valence-corrected chi connectivity index (χ0v) is 10.4. The van der Waals surface area contributed by atoms with Gasteiger partial charge in [0.2, 0.25) is 0 Å². The van der Waals surface area contributed by atoms with Gasteiger partial charge in [-0.1, -0.05) is 0 Å². The van der Waals surface area contributed by atoms with Gasteiger partial charge in [0.15, 0.2) is 0 Å². The largest absolute Gasteiger partial charge is 0.477 e. The Morgan fingerprint density at radius 3 is 2.71 bits per heavy atom. The smallest absolute Gasteiger partial charge is 0.345 e. The van der Waals surface area contributed by atoms with Crippen LogP contribution in [-0.2, 0) is 6.54 Å². The van der Waals surface area contributed by atoms with Gasteiger partial charge in [-0.3, -0.25) is 4.68 Å². The summed E-state index contributed by atoms with van der Waals surface area (Å²) in [7, 11) is 0. The van der Waals surface area contributed by atoms with Crippen LogP contribution in [0, 0.1) is 13.8 Å². The van der Waals surface area contributed by atoms with Crippen LogP contribution in [-0.4, -0.2) is 20.9 Å². The topological polar surface area (TPSA) is 81.1 Å². The van der Waals surface area contributed by atoms with Crippen LogP contribution in [0.1, 0.15) is 25.9 Å². The van der Waals surface area contributed by atoms with Crippen molar-refractivity contribution < 1.29 is 9.90 Å². The molecule has 0 atom stereocenters. The highest BCUT2D eigenvalue weighted by atomic mass is 32.1. The number of anilines is 1. The van der Waals surface area contributed by atoms with Crippen molar-refractivity contribution in [3.05, 3.63) is 33.3 Å². The van der Waals surface area contributed by atoms with Crippen LogP contribution >= 0.6 is 11.3 Å². The highest BCUT2D eigenvalue weighted by Crippen LogP contribution is 2.20. The molecule has 2 heterocycles. The predicted octanol–water partition coefficient (Wildman–Crippen LogP) is 1.89. The predicted molar refractivity (Wildman–Crippen MR) is 66.5 cm³/mol. The summed E-state index contributed by atoms with van der Waals surface area (Å²) in [6.45, 7) is 4.32. The fraction of sp³-hybridized carbons (Fsp3) is 0.273. The molecule has 90 valence electrons. The molecule has 2 aromatic heterocycles. The summed E-state index contributed by atoms with van der Waals surface area (Å²) in [6, 6.07) is 3.41. The first-order valence-corrected chi connectivity index (χ1v) is 5.92. The van der Waals surface area contributed by atoms with Crippen LogP contribution in [0.5, 0.6) is 0 Å². The van der Waals surface area contributed by atoms with Crippen LogP contribution in [0.4, 0.5) is 5.69 Å². The molecule has 0 aliphatic heterocycles. The van der Waals surface area contributed by atoms with Crippen molar-refractivity contribution in [2.24, 2.45) is 0 Å². The summed E-state index contributed by atoms with van der Waals surface area (Å²) in [5, 5.41) is 13.1. The molecule has 0 aliphatic carbocycles. The summed E-state index contributed by atoms with van der Waals surface area (Å²) in [5.74, 6) is -0.894. The molecule has 2 rings (SSSR count). The van der Waals surface area contributed by atoms with Gasteiger partial charge in [-0.15, -0.1) is 11.3 Å². The van der Waals surface area contributed by atoms with E-state index in [2.05, 4.69) is 5.10 Å². The first-order chi connectivity index (χ1) is 7.99. The average molecular weight is 251 g/mol. The first kappa shape index (κ1) is 11.7. The third-order valence-electron chi connectivity index (χ3n) is 2.62. The number of aromatic carboxylic acids is 1. The normalized spacial score (nSPS) is 10.7. The van der Waals surface area contributed by atoms with E-state index < -0.39 is 5.97 Å². The minimum absolute atomic E-state index is 0.342. The maximum atomic E-state index is 10.8. The Morgan fingerprint density at radius 2 is 2.24 bits per heavy atom. The number of aromatic nitrogens is 2. The summed E-state index contributed by atoms with van der Waals surface area (Å²) in [6.07, 6.45) is 0. The number of nitrogens with zero attached hydrogens (tertiary/aromatic N) is 2. The van der Waals surface area contributed by atoms with Crippen molar-refractivity contribution in [3.8, 4) is 0 Å². The fourth-order valence-electron chi connectivity index (χ4n) is 1.59. The summed E-state index contributed by atoms with van der Waals surface area (Å²) >= 11 is 1.26. The molecule has 0 aromatic carbocycles. The minimum Gasteiger partial charge on any atom is -0.477 e. The number of carboxylic acids is 1.